The minimum Gasteiger partial charge on any atom is -0.493 e. The Morgan fingerprint density at radius 1 is 1.39 bits per heavy atom. The van der Waals surface area contributed by atoms with Crippen molar-refractivity contribution in [3.63, 3.8) is 0 Å². The highest BCUT2D eigenvalue weighted by molar-refractivity contribution is 6.33. The van der Waals surface area contributed by atoms with Gasteiger partial charge in [-0.1, -0.05) is 18.5 Å². The summed E-state index contributed by atoms with van der Waals surface area (Å²) in [7, 11) is 3.27. The van der Waals surface area contributed by atoms with E-state index in [1.165, 1.54) is 12.0 Å². The molecule has 0 saturated carbocycles. The van der Waals surface area contributed by atoms with E-state index in [0.717, 1.165) is 24.9 Å². The minimum absolute atomic E-state index is 0.386. The van der Waals surface area contributed by atoms with Crippen molar-refractivity contribution >= 4 is 11.6 Å². The van der Waals surface area contributed by atoms with Crippen LogP contribution in [0.25, 0.3) is 0 Å². The lowest BCUT2D eigenvalue weighted by Crippen LogP contribution is -2.15. The highest BCUT2D eigenvalue weighted by Crippen LogP contribution is 2.42. The summed E-state index contributed by atoms with van der Waals surface area (Å²) in [4.78, 5) is 0. The first-order chi connectivity index (χ1) is 8.72. The molecule has 0 bridgehead atoms. The van der Waals surface area contributed by atoms with Crippen LogP contribution in [-0.2, 0) is 6.42 Å². The topological polar surface area (TPSA) is 30.5 Å². The lowest BCUT2D eigenvalue weighted by Gasteiger charge is -2.20. The zero-order chi connectivity index (χ0) is 13.1. The Morgan fingerprint density at radius 3 is 2.67 bits per heavy atom. The van der Waals surface area contributed by atoms with E-state index in [9.17, 15) is 0 Å². The second kappa shape index (κ2) is 5.81. The molecule has 3 nitrogen and oxygen atoms in total. The largest absolute Gasteiger partial charge is 0.493 e. The van der Waals surface area contributed by atoms with Gasteiger partial charge in [-0.2, -0.15) is 0 Å². The molecule has 0 aromatic heterocycles. The van der Waals surface area contributed by atoms with Gasteiger partial charge in [0.15, 0.2) is 11.5 Å². The molecule has 1 atom stereocenters. The third kappa shape index (κ3) is 2.29. The Labute approximate surface area is 113 Å². The summed E-state index contributed by atoms with van der Waals surface area (Å²) in [5.74, 6) is 1.35. The van der Waals surface area contributed by atoms with Crippen LogP contribution in [0.3, 0.4) is 0 Å². The van der Waals surface area contributed by atoms with Crippen LogP contribution in [0.5, 0.6) is 11.5 Å². The van der Waals surface area contributed by atoms with E-state index in [2.05, 4.69) is 18.3 Å². The molecule has 1 heterocycles. The van der Waals surface area contributed by atoms with Crippen molar-refractivity contribution in [3.8, 4) is 11.5 Å². The van der Waals surface area contributed by atoms with Crippen LogP contribution in [0.1, 0.15) is 36.9 Å². The zero-order valence-electron chi connectivity index (χ0n) is 11.2. The van der Waals surface area contributed by atoms with Gasteiger partial charge in [-0.25, -0.2) is 0 Å². The normalized spacial score (nSPS) is 19.0. The SMILES string of the molecule is CCc1c(C2CCCN2)cc(OC)c(OC)c1Cl. The van der Waals surface area contributed by atoms with E-state index in [0.29, 0.717) is 22.6 Å². The molecule has 1 aliphatic heterocycles. The maximum absolute atomic E-state index is 6.44. The summed E-state index contributed by atoms with van der Waals surface area (Å²) in [6.07, 6.45) is 3.26. The molecule has 0 radical (unpaired) electrons. The minimum atomic E-state index is 0.386. The first-order valence-corrected chi connectivity index (χ1v) is 6.77. The van der Waals surface area contributed by atoms with E-state index in [1.807, 2.05) is 0 Å². The summed E-state index contributed by atoms with van der Waals surface area (Å²) < 4.78 is 10.7. The van der Waals surface area contributed by atoms with Crippen molar-refractivity contribution in [2.24, 2.45) is 0 Å². The number of benzene rings is 1. The molecule has 1 aromatic carbocycles. The highest BCUT2D eigenvalue weighted by Gasteiger charge is 2.24. The fraction of sp³-hybridized carbons (Fsp3) is 0.571. The average Bonchev–Trinajstić information content (AvgIpc) is 2.91. The summed E-state index contributed by atoms with van der Waals surface area (Å²) in [6.45, 7) is 3.19. The van der Waals surface area contributed by atoms with E-state index in [-0.39, 0.29) is 0 Å². The van der Waals surface area contributed by atoms with Crippen LogP contribution in [-0.4, -0.2) is 20.8 Å². The highest BCUT2D eigenvalue weighted by atomic mass is 35.5. The monoisotopic (exact) mass is 269 g/mol. The second-order valence-electron chi connectivity index (χ2n) is 4.50. The van der Waals surface area contributed by atoms with Crippen LogP contribution >= 0.6 is 11.6 Å². The van der Waals surface area contributed by atoms with Crippen LogP contribution in [0.15, 0.2) is 6.07 Å². The Kier molecular flexibility index (Phi) is 4.36. The molecule has 0 aliphatic carbocycles. The van der Waals surface area contributed by atoms with Gasteiger partial charge in [0.25, 0.3) is 0 Å². The molecule has 100 valence electrons. The van der Waals surface area contributed by atoms with Gasteiger partial charge in [0, 0.05) is 6.04 Å². The molecule has 1 unspecified atom stereocenters. The Balaban J connectivity index is 2.53. The maximum Gasteiger partial charge on any atom is 0.179 e. The molecule has 4 heteroatoms. The van der Waals surface area contributed by atoms with E-state index >= 15 is 0 Å². The maximum atomic E-state index is 6.44. The molecule has 1 saturated heterocycles. The number of ether oxygens (including phenoxy) is 2. The van der Waals surface area contributed by atoms with Gasteiger partial charge < -0.3 is 14.8 Å². The Morgan fingerprint density at radius 2 is 2.17 bits per heavy atom. The van der Waals surface area contributed by atoms with Crippen molar-refractivity contribution < 1.29 is 9.47 Å². The molecule has 2 rings (SSSR count). The summed E-state index contributed by atoms with van der Waals surface area (Å²) >= 11 is 6.44. The zero-order valence-corrected chi connectivity index (χ0v) is 11.9. The van der Waals surface area contributed by atoms with Gasteiger partial charge in [0.2, 0.25) is 0 Å². The standard InChI is InChI=1S/C14H20ClNO2/c1-4-9-10(11-6-5-7-16-11)8-12(17-2)14(18-3)13(9)15/h8,11,16H,4-7H2,1-3H3. The third-order valence-corrected chi connectivity index (χ3v) is 3.94. The van der Waals surface area contributed by atoms with E-state index < -0.39 is 0 Å². The predicted molar refractivity (Wildman–Crippen MR) is 73.9 cm³/mol. The molecular formula is C14H20ClNO2. The Hall–Kier alpha value is -0.930. The van der Waals surface area contributed by atoms with Crippen LogP contribution in [0.4, 0.5) is 0 Å². The molecule has 1 N–H and O–H groups in total. The van der Waals surface area contributed by atoms with Crippen molar-refractivity contribution in [3.05, 3.63) is 22.2 Å². The average molecular weight is 270 g/mol. The predicted octanol–water partition coefficient (Wildman–Crippen LogP) is 3.34. The van der Waals surface area contributed by atoms with Crippen molar-refractivity contribution in [1.82, 2.24) is 5.32 Å². The Bertz CT molecular complexity index is 428. The first-order valence-electron chi connectivity index (χ1n) is 6.39. The van der Waals surface area contributed by atoms with Gasteiger partial charge in [0.1, 0.15) is 0 Å². The van der Waals surface area contributed by atoms with Gasteiger partial charge in [-0.05, 0) is 43.0 Å². The fourth-order valence-electron chi connectivity index (χ4n) is 2.63. The van der Waals surface area contributed by atoms with Gasteiger partial charge in [-0.15, -0.1) is 0 Å². The summed E-state index contributed by atoms with van der Waals surface area (Å²) in [5, 5.41) is 4.19. The van der Waals surface area contributed by atoms with Gasteiger partial charge >= 0.3 is 0 Å². The number of hydrogen-bond acceptors (Lipinski definition) is 3. The molecule has 1 fully saturated rings. The first kappa shape index (κ1) is 13.5. The summed E-state index contributed by atoms with van der Waals surface area (Å²) in [5.41, 5.74) is 2.41. The molecular weight excluding hydrogens is 250 g/mol. The molecule has 1 aromatic rings. The van der Waals surface area contributed by atoms with Crippen LogP contribution < -0.4 is 14.8 Å². The molecule has 0 spiro atoms. The van der Waals surface area contributed by atoms with Gasteiger partial charge in [0.05, 0.1) is 19.2 Å². The lowest BCUT2D eigenvalue weighted by atomic mass is 9.96. The third-order valence-electron chi connectivity index (χ3n) is 3.54. The number of hydrogen-bond donors (Lipinski definition) is 1. The van der Waals surface area contributed by atoms with E-state index in [1.54, 1.807) is 14.2 Å². The molecule has 1 aliphatic rings. The van der Waals surface area contributed by atoms with Crippen molar-refractivity contribution in [1.29, 1.82) is 0 Å². The number of halogens is 1. The summed E-state index contributed by atoms with van der Waals surface area (Å²) in [6, 6.07) is 2.45. The number of rotatable bonds is 4. The van der Waals surface area contributed by atoms with Crippen LogP contribution in [0, 0.1) is 0 Å². The number of methoxy groups -OCH3 is 2. The quantitative estimate of drug-likeness (QED) is 0.909. The smallest absolute Gasteiger partial charge is 0.179 e. The van der Waals surface area contributed by atoms with Gasteiger partial charge in [-0.3, -0.25) is 0 Å². The lowest BCUT2D eigenvalue weighted by molar-refractivity contribution is 0.353. The van der Waals surface area contributed by atoms with Crippen molar-refractivity contribution in [2.75, 3.05) is 20.8 Å². The second-order valence-corrected chi connectivity index (χ2v) is 4.87. The molecule has 18 heavy (non-hydrogen) atoms. The van der Waals surface area contributed by atoms with E-state index in [4.69, 9.17) is 21.1 Å². The molecule has 0 amide bonds. The number of nitrogens with one attached hydrogen (secondary N) is 1. The van der Waals surface area contributed by atoms with Crippen molar-refractivity contribution in [2.45, 2.75) is 32.2 Å². The van der Waals surface area contributed by atoms with Crippen LogP contribution in [0.2, 0.25) is 5.02 Å². The fourth-order valence-corrected chi connectivity index (χ4v) is 3.04.